The van der Waals surface area contributed by atoms with Gasteiger partial charge in [-0.1, -0.05) is 47.7 Å². The molecule has 0 unspecified atom stereocenters. The summed E-state index contributed by atoms with van der Waals surface area (Å²) in [5, 5.41) is 0. The van der Waals surface area contributed by atoms with Crippen molar-refractivity contribution in [1.82, 2.24) is 9.47 Å². The number of benzene rings is 2. The zero-order valence-electron chi connectivity index (χ0n) is 25.1. The molecule has 228 valence electrons. The van der Waals surface area contributed by atoms with E-state index in [0.29, 0.717) is 37.9 Å². The van der Waals surface area contributed by atoms with E-state index in [1.54, 1.807) is 43.9 Å². The number of carbonyl (C=O) groups is 1. The van der Waals surface area contributed by atoms with Gasteiger partial charge in [0.05, 0.1) is 42.7 Å². The Morgan fingerprint density at radius 2 is 1.77 bits per heavy atom. The van der Waals surface area contributed by atoms with Crippen molar-refractivity contribution in [1.29, 1.82) is 0 Å². The molecule has 44 heavy (non-hydrogen) atoms. The third-order valence-electron chi connectivity index (χ3n) is 7.80. The molecule has 4 heterocycles. The lowest BCUT2D eigenvalue weighted by atomic mass is 9.93. The predicted octanol–water partition coefficient (Wildman–Crippen LogP) is 3.30. The summed E-state index contributed by atoms with van der Waals surface area (Å²) >= 11 is 1.25. The second kappa shape index (κ2) is 12.6. The number of rotatable bonds is 8. The largest absolute Gasteiger partial charge is 0.493 e. The van der Waals surface area contributed by atoms with Crippen molar-refractivity contribution in [2.45, 2.75) is 13.0 Å². The molecule has 0 spiro atoms. The van der Waals surface area contributed by atoms with Crippen LogP contribution in [0.2, 0.25) is 0 Å². The van der Waals surface area contributed by atoms with Crippen molar-refractivity contribution in [2.75, 3.05) is 59.0 Å². The Morgan fingerprint density at radius 3 is 2.48 bits per heavy atom. The number of hydrogen-bond acceptors (Lipinski definition) is 10. The molecule has 0 radical (unpaired) electrons. The average Bonchev–Trinajstić information content (AvgIpc) is 3.64. The van der Waals surface area contributed by atoms with Crippen LogP contribution in [-0.2, 0) is 9.53 Å². The quantitative estimate of drug-likeness (QED) is 0.279. The molecule has 10 nitrogen and oxygen atoms in total. The maximum Gasteiger partial charge on any atom is 0.338 e. The van der Waals surface area contributed by atoms with Crippen LogP contribution in [-0.4, -0.2) is 69.5 Å². The lowest BCUT2D eigenvalue weighted by molar-refractivity contribution is -0.138. The Morgan fingerprint density at radius 1 is 1.02 bits per heavy atom. The molecule has 0 saturated carbocycles. The maximum atomic E-state index is 14.2. The minimum absolute atomic E-state index is 0.168. The summed E-state index contributed by atoms with van der Waals surface area (Å²) in [6, 6.07) is 17.8. The second-order valence-electron chi connectivity index (χ2n) is 10.5. The lowest BCUT2D eigenvalue weighted by Crippen LogP contribution is -2.44. The van der Waals surface area contributed by atoms with Gasteiger partial charge in [-0.05, 0) is 37.7 Å². The molecule has 11 heteroatoms. The monoisotopic (exact) mass is 614 g/mol. The number of anilines is 1. The van der Waals surface area contributed by atoms with Gasteiger partial charge in [-0.2, -0.15) is 0 Å². The van der Waals surface area contributed by atoms with Gasteiger partial charge < -0.3 is 28.4 Å². The number of methoxy groups -OCH3 is 2. The van der Waals surface area contributed by atoms with E-state index >= 15 is 0 Å². The van der Waals surface area contributed by atoms with Crippen LogP contribution in [0.4, 0.5) is 5.88 Å². The highest BCUT2D eigenvalue weighted by Gasteiger charge is 2.35. The summed E-state index contributed by atoms with van der Waals surface area (Å²) in [4.78, 5) is 37.7. The standard InChI is InChI=1S/C33H34N4O6S/c1-5-42-32(39)28-29(21-9-7-6-8-10-21)34-33-37(30(28)22-11-13-24(40-3)25(19-22)41-4)31(38)26(44-33)20-23-12-14-27(43-23)36-17-15-35(2)16-18-36/h6-14,19-20,30H,5,15-18H2,1-4H3/t30-/m0/s1. The number of furan rings is 1. The van der Waals surface area contributed by atoms with Crippen LogP contribution in [0.15, 0.2) is 80.4 Å². The summed E-state index contributed by atoms with van der Waals surface area (Å²) in [6.07, 6.45) is 1.74. The molecule has 2 aromatic carbocycles. The number of aromatic nitrogens is 1. The fraction of sp³-hybridized carbons (Fsp3) is 0.303. The van der Waals surface area contributed by atoms with Crippen LogP contribution in [0.3, 0.4) is 0 Å². The van der Waals surface area contributed by atoms with Crippen molar-refractivity contribution < 1.29 is 23.4 Å². The van der Waals surface area contributed by atoms with Crippen molar-refractivity contribution >= 4 is 35.0 Å². The van der Waals surface area contributed by atoms with E-state index in [1.807, 2.05) is 48.5 Å². The van der Waals surface area contributed by atoms with Crippen LogP contribution in [0.1, 0.15) is 29.9 Å². The number of likely N-dealkylation sites (N-methyl/N-ethyl adjacent to an activating group) is 1. The van der Waals surface area contributed by atoms with Crippen LogP contribution in [0.25, 0.3) is 11.8 Å². The van der Waals surface area contributed by atoms with Gasteiger partial charge in [0.25, 0.3) is 5.56 Å². The third kappa shape index (κ3) is 5.56. The number of hydrogen-bond donors (Lipinski definition) is 0. The number of nitrogens with zero attached hydrogens (tertiary/aromatic N) is 4. The predicted molar refractivity (Wildman–Crippen MR) is 169 cm³/mol. The van der Waals surface area contributed by atoms with E-state index in [4.69, 9.17) is 23.6 Å². The van der Waals surface area contributed by atoms with Gasteiger partial charge >= 0.3 is 5.97 Å². The Hall–Kier alpha value is -4.61. The Kier molecular flexibility index (Phi) is 8.40. The molecule has 1 fully saturated rings. The van der Waals surface area contributed by atoms with Gasteiger partial charge in [0, 0.05) is 43.9 Å². The van der Waals surface area contributed by atoms with E-state index in [1.165, 1.54) is 11.3 Å². The highest BCUT2D eigenvalue weighted by Crippen LogP contribution is 2.38. The summed E-state index contributed by atoms with van der Waals surface area (Å²) in [7, 11) is 5.21. The minimum atomic E-state index is -0.833. The van der Waals surface area contributed by atoms with E-state index in [2.05, 4.69) is 16.8 Å². The summed E-state index contributed by atoms with van der Waals surface area (Å²) in [5.41, 5.74) is 1.81. The number of carbonyl (C=O) groups excluding carboxylic acids is 1. The Balaban J connectivity index is 1.54. The average molecular weight is 615 g/mol. The number of piperazine rings is 1. The SMILES string of the molecule is CCOC(=O)C1=C(c2ccccc2)N=c2sc(=Cc3ccc(N4CCN(C)CC4)o3)c(=O)n2[C@H]1c1ccc(OC)c(OC)c1. The number of fused-ring (bicyclic) bond motifs is 1. The van der Waals surface area contributed by atoms with Crippen molar-refractivity contribution in [3.8, 4) is 11.5 Å². The molecule has 1 saturated heterocycles. The zero-order chi connectivity index (χ0) is 30.8. The highest BCUT2D eigenvalue weighted by atomic mass is 32.1. The molecule has 2 aromatic heterocycles. The molecule has 0 amide bonds. The molecule has 0 bridgehead atoms. The molecule has 2 aliphatic rings. The van der Waals surface area contributed by atoms with Gasteiger partial charge in [-0.3, -0.25) is 9.36 Å². The first-order chi connectivity index (χ1) is 21.4. The second-order valence-corrected chi connectivity index (χ2v) is 11.5. The third-order valence-corrected chi connectivity index (χ3v) is 8.78. The number of thiazole rings is 1. The first-order valence-electron chi connectivity index (χ1n) is 14.5. The van der Waals surface area contributed by atoms with E-state index < -0.39 is 12.0 Å². The van der Waals surface area contributed by atoms with Gasteiger partial charge in [0.1, 0.15) is 5.76 Å². The lowest BCUT2D eigenvalue weighted by Gasteiger charge is -2.32. The van der Waals surface area contributed by atoms with Gasteiger partial charge in [-0.15, -0.1) is 0 Å². The summed E-state index contributed by atoms with van der Waals surface area (Å²) < 4.78 is 24.8. The summed E-state index contributed by atoms with van der Waals surface area (Å²) in [6.45, 7) is 5.57. The van der Waals surface area contributed by atoms with E-state index in [0.717, 1.165) is 37.6 Å². The van der Waals surface area contributed by atoms with Crippen LogP contribution < -0.4 is 29.3 Å². The van der Waals surface area contributed by atoms with Crippen molar-refractivity contribution in [3.05, 3.63) is 103 Å². The normalized spacial score (nSPS) is 17.3. The Bertz CT molecular complexity index is 1880. The van der Waals surface area contributed by atoms with Gasteiger partial charge in [-0.25, -0.2) is 9.79 Å². The molecule has 6 rings (SSSR count). The smallest absolute Gasteiger partial charge is 0.338 e. The fourth-order valence-electron chi connectivity index (χ4n) is 5.52. The minimum Gasteiger partial charge on any atom is -0.493 e. The topological polar surface area (TPSA) is 98.7 Å². The number of ether oxygens (including phenoxy) is 3. The van der Waals surface area contributed by atoms with Crippen LogP contribution in [0.5, 0.6) is 11.5 Å². The Labute approximate surface area is 258 Å². The van der Waals surface area contributed by atoms with Gasteiger partial charge in [0.2, 0.25) is 0 Å². The summed E-state index contributed by atoms with van der Waals surface area (Å²) in [5.74, 6) is 1.80. The van der Waals surface area contributed by atoms with Crippen LogP contribution >= 0.6 is 11.3 Å². The van der Waals surface area contributed by atoms with E-state index in [9.17, 15) is 9.59 Å². The molecule has 0 aliphatic carbocycles. The van der Waals surface area contributed by atoms with Crippen LogP contribution in [0, 0.1) is 0 Å². The van der Waals surface area contributed by atoms with Gasteiger partial charge in [0.15, 0.2) is 22.2 Å². The van der Waals surface area contributed by atoms with Crippen molar-refractivity contribution in [3.63, 3.8) is 0 Å². The first kappa shape index (κ1) is 29.5. The first-order valence-corrected chi connectivity index (χ1v) is 15.3. The highest BCUT2D eigenvalue weighted by molar-refractivity contribution is 7.07. The molecule has 0 N–H and O–H groups in total. The van der Waals surface area contributed by atoms with E-state index in [-0.39, 0.29) is 17.7 Å². The molecular formula is C33H34N4O6S. The maximum absolute atomic E-state index is 14.2. The molecular weight excluding hydrogens is 580 g/mol. The molecule has 2 aliphatic heterocycles. The molecule has 4 aromatic rings. The molecule has 1 atom stereocenters. The fourth-order valence-corrected chi connectivity index (χ4v) is 6.51. The zero-order valence-corrected chi connectivity index (χ0v) is 25.9. The number of esters is 1. The van der Waals surface area contributed by atoms with Crippen molar-refractivity contribution in [2.24, 2.45) is 4.99 Å².